The maximum absolute atomic E-state index is 10.4. The van der Waals surface area contributed by atoms with Gasteiger partial charge < -0.3 is 4.74 Å². The normalized spacial score (nSPS) is 11.9. The van der Waals surface area contributed by atoms with Gasteiger partial charge in [-0.1, -0.05) is 62.4 Å². The second-order valence-corrected chi connectivity index (χ2v) is 4.16. The summed E-state index contributed by atoms with van der Waals surface area (Å²) >= 11 is 0. The van der Waals surface area contributed by atoms with Crippen LogP contribution in [0.25, 0.3) is 11.1 Å². The van der Waals surface area contributed by atoms with Crippen molar-refractivity contribution in [1.29, 1.82) is 0 Å². The minimum Gasteiger partial charge on any atom is -0.467 e. The summed E-state index contributed by atoms with van der Waals surface area (Å²) in [5.41, 5.74) is 5.00. The predicted molar refractivity (Wildman–Crippen MR) is 77.1 cm³/mol. The molecule has 0 fully saturated rings. The van der Waals surface area contributed by atoms with Gasteiger partial charge in [0.05, 0.1) is 0 Å². The van der Waals surface area contributed by atoms with E-state index in [0.29, 0.717) is 13.1 Å². The average Bonchev–Trinajstić information content (AvgIpc) is 2.82. The Balaban J connectivity index is 0.000000637. The molecule has 2 nitrogen and oxygen atoms in total. The molecule has 0 N–H and O–H groups in total. The molecule has 0 heterocycles. The molecular weight excluding hydrogens is 236 g/mol. The van der Waals surface area contributed by atoms with Crippen LogP contribution in [0.5, 0.6) is 0 Å². The molecule has 0 saturated carbocycles. The lowest BCUT2D eigenvalue weighted by Gasteiger charge is -2.11. The maximum Gasteiger partial charge on any atom is 0.293 e. The van der Waals surface area contributed by atoms with E-state index in [1.807, 2.05) is 38.1 Å². The Morgan fingerprint density at radius 2 is 1.42 bits per heavy atom. The largest absolute Gasteiger partial charge is 0.467 e. The van der Waals surface area contributed by atoms with E-state index in [4.69, 9.17) is 4.74 Å². The molecule has 0 unspecified atom stereocenters. The van der Waals surface area contributed by atoms with Crippen LogP contribution in [-0.2, 0) is 9.53 Å². The summed E-state index contributed by atoms with van der Waals surface area (Å²) in [7, 11) is 0. The Bertz CT molecular complexity index is 515. The average molecular weight is 254 g/mol. The van der Waals surface area contributed by atoms with Crippen LogP contribution in [0.15, 0.2) is 48.5 Å². The maximum atomic E-state index is 10.4. The summed E-state index contributed by atoms with van der Waals surface area (Å²) in [6, 6.07) is 16.6. The Morgan fingerprint density at radius 1 is 0.947 bits per heavy atom. The van der Waals surface area contributed by atoms with Crippen LogP contribution in [0.4, 0.5) is 0 Å². The minimum absolute atomic E-state index is 0.174. The van der Waals surface area contributed by atoms with Crippen LogP contribution >= 0.6 is 0 Å². The number of carbonyl (C=O) groups excluding carboxylic acids is 1. The van der Waals surface area contributed by atoms with Crippen molar-refractivity contribution in [3.8, 4) is 11.1 Å². The molecule has 1 aliphatic rings. The number of ether oxygens (including phenoxy) is 1. The van der Waals surface area contributed by atoms with Crippen molar-refractivity contribution in [3.63, 3.8) is 0 Å². The predicted octanol–water partition coefficient (Wildman–Crippen LogP) is 4.00. The van der Waals surface area contributed by atoms with E-state index in [1.165, 1.54) is 22.3 Å². The summed E-state index contributed by atoms with van der Waals surface area (Å²) in [6.45, 7) is 4.93. The van der Waals surface area contributed by atoms with Crippen LogP contribution in [-0.4, -0.2) is 13.1 Å². The first-order chi connectivity index (χ1) is 9.42. The summed E-state index contributed by atoms with van der Waals surface area (Å²) < 4.78 is 4.95. The molecule has 2 aromatic carbocycles. The number of rotatable bonds is 3. The lowest BCUT2D eigenvalue weighted by Crippen LogP contribution is -2.05. The van der Waals surface area contributed by atoms with Crippen molar-refractivity contribution in [3.05, 3.63) is 59.7 Å². The molecule has 98 valence electrons. The zero-order valence-electron chi connectivity index (χ0n) is 11.3. The van der Waals surface area contributed by atoms with Crippen molar-refractivity contribution >= 4 is 6.47 Å². The highest BCUT2D eigenvalue weighted by atomic mass is 16.5. The number of carbonyl (C=O) groups is 1. The highest BCUT2D eigenvalue weighted by Crippen LogP contribution is 2.44. The van der Waals surface area contributed by atoms with Crippen LogP contribution in [0.1, 0.15) is 30.9 Å². The Morgan fingerprint density at radius 3 is 1.89 bits per heavy atom. The van der Waals surface area contributed by atoms with E-state index < -0.39 is 0 Å². The van der Waals surface area contributed by atoms with Gasteiger partial charge in [-0.15, -0.1) is 0 Å². The van der Waals surface area contributed by atoms with Gasteiger partial charge in [0.15, 0.2) is 0 Å². The summed E-state index contributed by atoms with van der Waals surface area (Å²) in [6.07, 6.45) is 0. The second kappa shape index (κ2) is 6.19. The first-order valence-electron chi connectivity index (χ1n) is 6.65. The van der Waals surface area contributed by atoms with Gasteiger partial charge in [-0.2, -0.15) is 0 Å². The van der Waals surface area contributed by atoms with Crippen molar-refractivity contribution in [2.24, 2.45) is 0 Å². The van der Waals surface area contributed by atoms with Gasteiger partial charge >= 0.3 is 0 Å². The van der Waals surface area contributed by atoms with Gasteiger partial charge in [-0.3, -0.25) is 4.79 Å². The number of hydrogen-bond acceptors (Lipinski definition) is 2. The molecule has 1 aliphatic carbocycles. The van der Waals surface area contributed by atoms with E-state index in [9.17, 15) is 4.79 Å². The third-order valence-electron chi connectivity index (χ3n) is 3.29. The van der Waals surface area contributed by atoms with E-state index >= 15 is 0 Å². The molecule has 2 heteroatoms. The monoisotopic (exact) mass is 254 g/mol. The first-order valence-corrected chi connectivity index (χ1v) is 6.65. The Hall–Kier alpha value is -2.09. The minimum atomic E-state index is 0.174. The second-order valence-electron chi connectivity index (χ2n) is 4.16. The van der Waals surface area contributed by atoms with Crippen molar-refractivity contribution < 1.29 is 9.53 Å². The zero-order chi connectivity index (χ0) is 13.7. The van der Waals surface area contributed by atoms with Crippen molar-refractivity contribution in [1.82, 2.24) is 0 Å². The SMILES string of the molecule is CC.O=COCC1c2ccccc2-c2ccccc21. The lowest BCUT2D eigenvalue weighted by molar-refractivity contribution is -0.128. The lowest BCUT2D eigenvalue weighted by atomic mass is 9.98. The van der Waals surface area contributed by atoms with Crippen LogP contribution in [0.2, 0.25) is 0 Å². The van der Waals surface area contributed by atoms with E-state index in [0.717, 1.165) is 0 Å². The summed E-state index contributed by atoms with van der Waals surface area (Å²) in [5, 5.41) is 0. The molecule has 0 amide bonds. The first kappa shape index (κ1) is 13.3. The highest BCUT2D eigenvalue weighted by molar-refractivity contribution is 5.78. The molecule has 0 aliphatic heterocycles. The smallest absolute Gasteiger partial charge is 0.293 e. The van der Waals surface area contributed by atoms with Gasteiger partial charge in [0.2, 0.25) is 0 Å². The fraction of sp³-hybridized carbons (Fsp3) is 0.235. The molecule has 0 atom stereocenters. The molecular formula is C17H18O2. The summed E-state index contributed by atoms with van der Waals surface area (Å²) in [5.74, 6) is 0.174. The molecule has 3 rings (SSSR count). The molecule has 0 aromatic heterocycles. The van der Waals surface area contributed by atoms with Gasteiger partial charge in [0, 0.05) is 5.92 Å². The van der Waals surface area contributed by atoms with E-state index in [2.05, 4.69) is 24.3 Å². The topological polar surface area (TPSA) is 26.3 Å². The van der Waals surface area contributed by atoms with Crippen molar-refractivity contribution in [2.45, 2.75) is 19.8 Å². The Kier molecular flexibility index (Phi) is 4.35. The fourth-order valence-corrected chi connectivity index (χ4v) is 2.57. The third-order valence-corrected chi connectivity index (χ3v) is 3.29. The Labute approximate surface area is 114 Å². The molecule has 0 bridgehead atoms. The molecule has 0 saturated heterocycles. The standard InChI is InChI=1S/C15H12O2.C2H6/c16-10-17-9-15-13-7-3-1-5-11(13)12-6-2-4-8-14(12)15;1-2/h1-8,10,15H,9H2;1-2H3. The molecule has 19 heavy (non-hydrogen) atoms. The zero-order valence-corrected chi connectivity index (χ0v) is 11.3. The van der Waals surface area contributed by atoms with Gasteiger partial charge in [0.25, 0.3) is 6.47 Å². The van der Waals surface area contributed by atoms with Crippen molar-refractivity contribution in [2.75, 3.05) is 6.61 Å². The van der Waals surface area contributed by atoms with Crippen LogP contribution < -0.4 is 0 Å². The van der Waals surface area contributed by atoms with Gasteiger partial charge in [-0.05, 0) is 22.3 Å². The molecule has 0 radical (unpaired) electrons. The van der Waals surface area contributed by atoms with Crippen LogP contribution in [0.3, 0.4) is 0 Å². The highest BCUT2D eigenvalue weighted by Gasteiger charge is 2.28. The number of fused-ring (bicyclic) bond motifs is 3. The number of hydrogen-bond donors (Lipinski definition) is 0. The van der Waals surface area contributed by atoms with E-state index in [1.54, 1.807) is 0 Å². The molecule has 0 spiro atoms. The quantitative estimate of drug-likeness (QED) is 0.774. The van der Waals surface area contributed by atoms with Gasteiger partial charge in [0.1, 0.15) is 6.61 Å². The summed E-state index contributed by atoms with van der Waals surface area (Å²) in [4.78, 5) is 10.4. The van der Waals surface area contributed by atoms with Gasteiger partial charge in [-0.25, -0.2) is 0 Å². The number of benzene rings is 2. The molecule has 2 aromatic rings. The fourth-order valence-electron chi connectivity index (χ4n) is 2.57. The van der Waals surface area contributed by atoms with E-state index in [-0.39, 0.29) is 5.92 Å². The van der Waals surface area contributed by atoms with Crippen LogP contribution in [0, 0.1) is 0 Å². The third kappa shape index (κ3) is 2.39.